The van der Waals surface area contributed by atoms with Gasteiger partial charge in [-0.15, -0.1) is 0 Å². The van der Waals surface area contributed by atoms with Crippen LogP contribution in [0.4, 0.5) is 5.69 Å². The van der Waals surface area contributed by atoms with Gasteiger partial charge >= 0.3 is 0 Å². The first-order valence-electron chi connectivity index (χ1n) is 9.22. The van der Waals surface area contributed by atoms with E-state index in [2.05, 4.69) is 15.5 Å². The van der Waals surface area contributed by atoms with Gasteiger partial charge in [0, 0.05) is 30.2 Å². The predicted octanol–water partition coefficient (Wildman–Crippen LogP) is 3.72. The number of nitrogens with one attached hydrogen (secondary N) is 1. The van der Waals surface area contributed by atoms with E-state index in [-0.39, 0.29) is 5.91 Å². The second kappa shape index (κ2) is 6.92. The number of aryl methyl sites for hydroxylation is 2. The van der Waals surface area contributed by atoms with Crippen LogP contribution in [0.5, 0.6) is 0 Å². The van der Waals surface area contributed by atoms with Crippen molar-refractivity contribution < 1.29 is 4.79 Å². The molecule has 0 unspecified atom stereocenters. The second-order valence-electron chi connectivity index (χ2n) is 6.75. The highest BCUT2D eigenvalue weighted by Gasteiger charge is 2.17. The van der Waals surface area contributed by atoms with Crippen molar-refractivity contribution in [1.82, 2.24) is 24.5 Å². The topological polar surface area (TPSA) is 77.6 Å². The molecule has 1 amide bonds. The van der Waals surface area contributed by atoms with E-state index in [0.29, 0.717) is 11.3 Å². The third kappa shape index (κ3) is 2.94. The molecule has 0 radical (unpaired) electrons. The first kappa shape index (κ1) is 17.9. The average molecular weight is 374 g/mol. The fourth-order valence-corrected chi connectivity index (χ4v) is 3.33. The minimum atomic E-state index is -0.180. The molecular formula is C21H22N6O. The summed E-state index contributed by atoms with van der Waals surface area (Å²) in [6.45, 7) is 6.71. The molecule has 1 N–H and O–H groups in total. The number of anilines is 1. The number of nitrogens with zero attached hydrogens (tertiary/aromatic N) is 5. The Labute approximate surface area is 163 Å². The van der Waals surface area contributed by atoms with Gasteiger partial charge in [0.05, 0.1) is 40.5 Å². The zero-order chi connectivity index (χ0) is 19.8. The molecule has 3 heterocycles. The van der Waals surface area contributed by atoms with Gasteiger partial charge in [-0.25, -0.2) is 4.98 Å². The monoisotopic (exact) mass is 374 g/mol. The maximum Gasteiger partial charge on any atom is 0.256 e. The molecule has 142 valence electrons. The van der Waals surface area contributed by atoms with E-state index in [1.807, 2.05) is 62.8 Å². The molecule has 0 aliphatic rings. The number of pyridine rings is 1. The Morgan fingerprint density at radius 2 is 1.89 bits per heavy atom. The van der Waals surface area contributed by atoms with Gasteiger partial charge in [-0.2, -0.15) is 10.2 Å². The van der Waals surface area contributed by atoms with E-state index in [0.717, 1.165) is 40.1 Å². The molecule has 3 aromatic heterocycles. The summed E-state index contributed by atoms with van der Waals surface area (Å²) in [5, 5.41) is 12.4. The van der Waals surface area contributed by atoms with Crippen LogP contribution in [0.15, 0.2) is 42.7 Å². The number of rotatable bonds is 4. The lowest BCUT2D eigenvalue weighted by atomic mass is 10.0. The molecule has 4 aromatic rings. The molecule has 0 saturated carbocycles. The lowest BCUT2D eigenvalue weighted by molar-refractivity contribution is 0.102. The van der Waals surface area contributed by atoms with Crippen LogP contribution in [-0.4, -0.2) is 30.5 Å². The summed E-state index contributed by atoms with van der Waals surface area (Å²) >= 11 is 0. The second-order valence-corrected chi connectivity index (χ2v) is 6.75. The highest BCUT2D eigenvalue weighted by Crippen LogP contribution is 2.27. The summed E-state index contributed by atoms with van der Waals surface area (Å²) < 4.78 is 3.65. The van der Waals surface area contributed by atoms with Gasteiger partial charge in [0.15, 0.2) is 0 Å². The summed E-state index contributed by atoms with van der Waals surface area (Å²) in [4.78, 5) is 17.9. The first-order valence-corrected chi connectivity index (χ1v) is 9.22. The number of hydrogen-bond acceptors (Lipinski definition) is 4. The first-order chi connectivity index (χ1) is 13.5. The molecule has 28 heavy (non-hydrogen) atoms. The molecule has 0 atom stereocenters. The van der Waals surface area contributed by atoms with E-state index >= 15 is 0 Å². The van der Waals surface area contributed by atoms with Crippen LogP contribution in [0.25, 0.3) is 22.2 Å². The number of carbonyl (C=O) groups excluding carboxylic acids is 1. The van der Waals surface area contributed by atoms with Crippen LogP contribution in [0.3, 0.4) is 0 Å². The molecule has 0 aliphatic heterocycles. The summed E-state index contributed by atoms with van der Waals surface area (Å²) in [5.74, 6) is -0.180. The molecule has 1 aromatic carbocycles. The van der Waals surface area contributed by atoms with Crippen LogP contribution in [0.1, 0.15) is 28.7 Å². The number of amides is 1. The molecular weight excluding hydrogens is 352 g/mol. The summed E-state index contributed by atoms with van der Waals surface area (Å²) in [6.07, 6.45) is 3.47. The lowest BCUT2D eigenvalue weighted by Gasteiger charge is -2.10. The van der Waals surface area contributed by atoms with Crippen molar-refractivity contribution in [2.75, 3.05) is 5.32 Å². The summed E-state index contributed by atoms with van der Waals surface area (Å²) in [5.41, 5.74) is 5.63. The van der Waals surface area contributed by atoms with Crippen molar-refractivity contribution in [1.29, 1.82) is 0 Å². The number of fused-ring (bicyclic) bond motifs is 1. The van der Waals surface area contributed by atoms with Gasteiger partial charge < -0.3 is 5.32 Å². The average Bonchev–Trinajstić information content (AvgIpc) is 3.23. The number of aromatic nitrogens is 5. The van der Waals surface area contributed by atoms with Crippen LogP contribution >= 0.6 is 0 Å². The molecule has 0 fully saturated rings. The highest BCUT2D eigenvalue weighted by atomic mass is 16.1. The normalized spacial score (nSPS) is 11.1. The van der Waals surface area contributed by atoms with E-state index in [4.69, 9.17) is 4.98 Å². The third-order valence-electron chi connectivity index (χ3n) is 5.12. The van der Waals surface area contributed by atoms with Gasteiger partial charge in [0.1, 0.15) is 0 Å². The van der Waals surface area contributed by atoms with Gasteiger partial charge in [0.25, 0.3) is 5.91 Å². The van der Waals surface area contributed by atoms with Gasteiger partial charge in [-0.1, -0.05) is 18.2 Å². The van der Waals surface area contributed by atoms with E-state index in [1.165, 1.54) is 0 Å². The Kier molecular flexibility index (Phi) is 4.43. The minimum Gasteiger partial charge on any atom is -0.319 e. The van der Waals surface area contributed by atoms with E-state index < -0.39 is 0 Å². The predicted molar refractivity (Wildman–Crippen MR) is 109 cm³/mol. The SMILES string of the molecule is CCn1ncc(NC(=O)c2cc(-c3cnn(C)c3C)nc3ccccc23)c1C. The van der Waals surface area contributed by atoms with E-state index in [9.17, 15) is 4.79 Å². The molecule has 0 aliphatic carbocycles. The molecule has 0 bridgehead atoms. The van der Waals surface area contributed by atoms with Crippen molar-refractivity contribution in [2.24, 2.45) is 7.05 Å². The molecule has 7 heteroatoms. The van der Waals surface area contributed by atoms with Crippen molar-refractivity contribution in [2.45, 2.75) is 27.3 Å². The quantitative estimate of drug-likeness (QED) is 0.590. The van der Waals surface area contributed by atoms with Gasteiger partial charge in [-0.3, -0.25) is 14.2 Å². The largest absolute Gasteiger partial charge is 0.319 e. The van der Waals surface area contributed by atoms with Crippen molar-refractivity contribution >= 4 is 22.5 Å². The van der Waals surface area contributed by atoms with E-state index in [1.54, 1.807) is 17.1 Å². The standard InChI is InChI=1S/C21H22N6O/c1-5-27-14(3)20(12-23-27)25-21(28)16-10-19(17-11-22-26(4)13(17)2)24-18-9-7-6-8-15(16)18/h6-12H,5H2,1-4H3,(H,25,28). The zero-order valence-corrected chi connectivity index (χ0v) is 16.4. The molecule has 0 saturated heterocycles. The summed E-state index contributed by atoms with van der Waals surface area (Å²) in [6, 6.07) is 9.50. The van der Waals surface area contributed by atoms with Crippen LogP contribution < -0.4 is 5.32 Å². The number of carbonyl (C=O) groups is 1. The maximum atomic E-state index is 13.2. The maximum absolute atomic E-state index is 13.2. The number of hydrogen-bond donors (Lipinski definition) is 1. The number of para-hydroxylation sites is 1. The van der Waals surface area contributed by atoms with Crippen LogP contribution in [-0.2, 0) is 13.6 Å². The van der Waals surface area contributed by atoms with Gasteiger partial charge in [0.2, 0.25) is 0 Å². The Balaban J connectivity index is 1.81. The fourth-order valence-electron chi connectivity index (χ4n) is 3.33. The lowest BCUT2D eigenvalue weighted by Crippen LogP contribution is -2.14. The highest BCUT2D eigenvalue weighted by molar-refractivity contribution is 6.13. The Hall–Kier alpha value is -3.48. The minimum absolute atomic E-state index is 0.180. The Morgan fingerprint density at radius 3 is 2.57 bits per heavy atom. The molecule has 7 nitrogen and oxygen atoms in total. The molecule has 4 rings (SSSR count). The smallest absolute Gasteiger partial charge is 0.256 e. The van der Waals surface area contributed by atoms with Crippen molar-refractivity contribution in [3.8, 4) is 11.3 Å². The fraction of sp³-hybridized carbons (Fsp3) is 0.238. The van der Waals surface area contributed by atoms with Crippen LogP contribution in [0, 0.1) is 13.8 Å². The Morgan fingerprint density at radius 1 is 1.11 bits per heavy atom. The third-order valence-corrected chi connectivity index (χ3v) is 5.12. The zero-order valence-electron chi connectivity index (χ0n) is 16.4. The van der Waals surface area contributed by atoms with Crippen molar-refractivity contribution in [3.63, 3.8) is 0 Å². The Bertz CT molecular complexity index is 1190. The molecule has 0 spiro atoms. The van der Waals surface area contributed by atoms with Gasteiger partial charge in [-0.05, 0) is 32.9 Å². The van der Waals surface area contributed by atoms with Crippen LogP contribution in [0.2, 0.25) is 0 Å². The van der Waals surface area contributed by atoms with Crippen molar-refractivity contribution in [3.05, 3.63) is 59.7 Å². The summed E-state index contributed by atoms with van der Waals surface area (Å²) in [7, 11) is 1.89. The number of benzene rings is 1.